The number of anilines is 1. The zero-order valence-electron chi connectivity index (χ0n) is 12.9. The molecule has 1 unspecified atom stereocenters. The van der Waals surface area contributed by atoms with Gasteiger partial charge >= 0.3 is 0 Å². The Bertz CT molecular complexity index is 496. The number of aromatic nitrogens is 1. The van der Waals surface area contributed by atoms with Crippen LogP contribution < -0.4 is 10.6 Å². The van der Waals surface area contributed by atoms with E-state index in [-0.39, 0.29) is 17.4 Å². The molecule has 0 aromatic carbocycles. The molecule has 1 aliphatic rings. The molecule has 1 aromatic rings. The number of nitrogens with zero attached hydrogens (tertiary/aromatic N) is 1. The fourth-order valence-corrected chi connectivity index (χ4v) is 2.91. The largest absolute Gasteiger partial charge is 0.370 e. The van der Waals surface area contributed by atoms with Crippen molar-refractivity contribution in [2.45, 2.75) is 53.0 Å². The lowest BCUT2D eigenvalue weighted by Gasteiger charge is -2.27. The Balaban J connectivity index is 2.13. The van der Waals surface area contributed by atoms with Crippen LogP contribution in [0.15, 0.2) is 12.1 Å². The highest BCUT2D eigenvalue weighted by molar-refractivity contribution is 5.95. The maximum atomic E-state index is 12.4. The van der Waals surface area contributed by atoms with Gasteiger partial charge in [0.1, 0.15) is 5.82 Å². The molecule has 1 atom stereocenters. The highest BCUT2D eigenvalue weighted by Crippen LogP contribution is 2.37. The molecule has 1 aromatic heterocycles. The molecular formula is C16H25N3O. The van der Waals surface area contributed by atoms with Gasteiger partial charge in [-0.2, -0.15) is 0 Å². The van der Waals surface area contributed by atoms with Gasteiger partial charge in [-0.25, -0.2) is 4.98 Å². The lowest BCUT2D eigenvalue weighted by Crippen LogP contribution is -2.41. The summed E-state index contributed by atoms with van der Waals surface area (Å²) in [5.41, 5.74) is 1.75. The minimum absolute atomic E-state index is 0.00891. The first kappa shape index (κ1) is 14.8. The second-order valence-corrected chi connectivity index (χ2v) is 6.32. The molecule has 1 saturated carbocycles. The lowest BCUT2D eigenvalue weighted by molar-refractivity contribution is 0.0910. The van der Waals surface area contributed by atoms with Gasteiger partial charge in [0.25, 0.3) is 5.91 Å². The first-order valence-electron chi connectivity index (χ1n) is 7.46. The quantitative estimate of drug-likeness (QED) is 0.887. The molecular weight excluding hydrogens is 250 g/mol. The molecule has 1 aliphatic carbocycles. The monoisotopic (exact) mass is 275 g/mol. The van der Waals surface area contributed by atoms with Gasteiger partial charge in [0.2, 0.25) is 0 Å². The standard InChI is InChI=1S/C16H25N3O/c1-5-17-14-10-12(9-11(2)18-14)15(20)19-13-7-6-8-16(13,3)4/h9-10,13H,5-8H2,1-4H3,(H,17,18)(H,19,20). The van der Waals surface area contributed by atoms with Gasteiger partial charge in [-0.3, -0.25) is 4.79 Å². The van der Waals surface area contributed by atoms with Crippen LogP contribution in [0.5, 0.6) is 0 Å². The molecule has 4 heteroatoms. The van der Waals surface area contributed by atoms with Crippen LogP contribution in [-0.2, 0) is 0 Å². The number of rotatable bonds is 4. The molecule has 1 heterocycles. The summed E-state index contributed by atoms with van der Waals surface area (Å²) >= 11 is 0. The summed E-state index contributed by atoms with van der Waals surface area (Å²) in [6, 6.07) is 3.94. The number of carbonyl (C=O) groups is 1. The summed E-state index contributed by atoms with van der Waals surface area (Å²) < 4.78 is 0. The Hall–Kier alpha value is -1.58. The lowest BCUT2D eigenvalue weighted by atomic mass is 9.87. The van der Waals surface area contributed by atoms with E-state index in [9.17, 15) is 4.79 Å². The SMILES string of the molecule is CCNc1cc(C(=O)NC2CCCC2(C)C)cc(C)n1. The number of amides is 1. The number of carbonyl (C=O) groups excluding carboxylic acids is 1. The predicted octanol–water partition coefficient (Wildman–Crippen LogP) is 3.13. The Kier molecular flexibility index (Phi) is 4.31. The zero-order chi connectivity index (χ0) is 14.8. The van der Waals surface area contributed by atoms with Gasteiger partial charge in [0.05, 0.1) is 0 Å². The van der Waals surface area contributed by atoms with Crippen molar-refractivity contribution in [3.05, 3.63) is 23.4 Å². The average molecular weight is 275 g/mol. The third-order valence-electron chi connectivity index (χ3n) is 4.14. The van der Waals surface area contributed by atoms with Gasteiger partial charge in [-0.1, -0.05) is 20.3 Å². The van der Waals surface area contributed by atoms with Gasteiger partial charge in [0.15, 0.2) is 0 Å². The Morgan fingerprint density at radius 2 is 2.20 bits per heavy atom. The molecule has 2 rings (SSSR count). The topological polar surface area (TPSA) is 54.0 Å². The summed E-state index contributed by atoms with van der Waals surface area (Å²) in [7, 11) is 0. The van der Waals surface area contributed by atoms with E-state index in [1.807, 2.05) is 26.0 Å². The maximum absolute atomic E-state index is 12.4. The molecule has 0 saturated heterocycles. The normalized spacial score (nSPS) is 20.7. The first-order valence-corrected chi connectivity index (χ1v) is 7.46. The van der Waals surface area contributed by atoms with Gasteiger partial charge in [-0.05, 0) is 44.2 Å². The van der Waals surface area contributed by atoms with E-state index >= 15 is 0 Å². The minimum Gasteiger partial charge on any atom is -0.370 e. The summed E-state index contributed by atoms with van der Waals surface area (Å²) in [6.07, 6.45) is 3.44. The summed E-state index contributed by atoms with van der Waals surface area (Å²) in [5.74, 6) is 0.776. The molecule has 0 bridgehead atoms. The van der Waals surface area contributed by atoms with Crippen LogP contribution in [0.25, 0.3) is 0 Å². The van der Waals surface area contributed by atoms with E-state index in [1.165, 1.54) is 12.8 Å². The number of hydrogen-bond donors (Lipinski definition) is 2. The summed E-state index contributed by atoms with van der Waals surface area (Å²) in [5, 5.41) is 6.35. The van der Waals surface area contributed by atoms with Crippen LogP contribution >= 0.6 is 0 Å². The molecule has 0 radical (unpaired) electrons. The van der Waals surface area contributed by atoms with Crippen LogP contribution in [0, 0.1) is 12.3 Å². The summed E-state index contributed by atoms with van der Waals surface area (Å²) in [6.45, 7) is 9.19. The fourth-order valence-electron chi connectivity index (χ4n) is 2.91. The highest BCUT2D eigenvalue weighted by atomic mass is 16.1. The fraction of sp³-hybridized carbons (Fsp3) is 0.625. The van der Waals surface area contributed by atoms with Crippen LogP contribution in [-0.4, -0.2) is 23.5 Å². The van der Waals surface area contributed by atoms with Crippen LogP contribution in [0.3, 0.4) is 0 Å². The van der Waals surface area contributed by atoms with E-state index in [0.717, 1.165) is 24.5 Å². The Morgan fingerprint density at radius 1 is 1.45 bits per heavy atom. The zero-order valence-corrected chi connectivity index (χ0v) is 12.9. The van der Waals surface area contributed by atoms with Crippen molar-refractivity contribution >= 4 is 11.7 Å². The highest BCUT2D eigenvalue weighted by Gasteiger charge is 2.35. The second kappa shape index (κ2) is 5.81. The summed E-state index contributed by atoms with van der Waals surface area (Å²) in [4.78, 5) is 16.8. The molecule has 20 heavy (non-hydrogen) atoms. The third-order valence-corrected chi connectivity index (χ3v) is 4.14. The van der Waals surface area contributed by atoms with Crippen molar-refractivity contribution in [1.29, 1.82) is 0 Å². The van der Waals surface area contributed by atoms with Crippen LogP contribution in [0.2, 0.25) is 0 Å². The number of nitrogens with one attached hydrogen (secondary N) is 2. The van der Waals surface area contributed by atoms with Gasteiger partial charge < -0.3 is 10.6 Å². The van der Waals surface area contributed by atoms with E-state index in [1.54, 1.807) is 0 Å². The smallest absolute Gasteiger partial charge is 0.251 e. The molecule has 110 valence electrons. The van der Waals surface area contributed by atoms with E-state index in [2.05, 4.69) is 29.5 Å². The Morgan fingerprint density at radius 3 is 2.80 bits per heavy atom. The number of aryl methyl sites for hydroxylation is 1. The predicted molar refractivity (Wildman–Crippen MR) is 82.0 cm³/mol. The third kappa shape index (κ3) is 3.30. The Labute approximate surface area is 121 Å². The molecule has 1 fully saturated rings. The number of pyridine rings is 1. The average Bonchev–Trinajstić information content (AvgIpc) is 2.68. The van der Waals surface area contributed by atoms with Crippen molar-refractivity contribution in [2.75, 3.05) is 11.9 Å². The van der Waals surface area contributed by atoms with E-state index in [4.69, 9.17) is 0 Å². The molecule has 1 amide bonds. The maximum Gasteiger partial charge on any atom is 0.251 e. The van der Waals surface area contributed by atoms with Crippen molar-refractivity contribution in [3.63, 3.8) is 0 Å². The van der Waals surface area contributed by atoms with Crippen molar-refractivity contribution < 1.29 is 4.79 Å². The van der Waals surface area contributed by atoms with Crippen LogP contribution in [0.4, 0.5) is 5.82 Å². The molecule has 4 nitrogen and oxygen atoms in total. The van der Waals surface area contributed by atoms with E-state index in [0.29, 0.717) is 5.56 Å². The van der Waals surface area contributed by atoms with E-state index < -0.39 is 0 Å². The van der Waals surface area contributed by atoms with Crippen molar-refractivity contribution in [1.82, 2.24) is 10.3 Å². The van der Waals surface area contributed by atoms with Gasteiger partial charge in [-0.15, -0.1) is 0 Å². The molecule has 0 spiro atoms. The van der Waals surface area contributed by atoms with Crippen molar-refractivity contribution in [2.24, 2.45) is 5.41 Å². The minimum atomic E-state index is 0.00891. The van der Waals surface area contributed by atoms with Crippen LogP contribution in [0.1, 0.15) is 56.1 Å². The van der Waals surface area contributed by atoms with Gasteiger partial charge in [0, 0.05) is 23.8 Å². The second-order valence-electron chi connectivity index (χ2n) is 6.32. The number of hydrogen-bond acceptors (Lipinski definition) is 3. The molecule has 2 N–H and O–H groups in total. The first-order chi connectivity index (χ1) is 9.42. The molecule has 0 aliphatic heterocycles. The van der Waals surface area contributed by atoms with Crippen molar-refractivity contribution in [3.8, 4) is 0 Å².